The number of hydrogen-bond donors (Lipinski definition) is 1. The minimum Gasteiger partial charge on any atom is -0.355 e. The number of benzene rings is 1. The van der Waals surface area contributed by atoms with Crippen LogP contribution in [0.25, 0.3) is 10.9 Å². The maximum absolute atomic E-state index is 11.9. The first-order valence-corrected chi connectivity index (χ1v) is 6.57. The van der Waals surface area contributed by atoms with Crippen molar-refractivity contribution >= 4 is 22.5 Å². The summed E-state index contributed by atoms with van der Waals surface area (Å²) in [5.41, 5.74) is 0.130. The van der Waals surface area contributed by atoms with Crippen LogP contribution in [0.15, 0.2) is 35.1 Å². The Morgan fingerprint density at radius 2 is 2.10 bits per heavy atom. The van der Waals surface area contributed by atoms with E-state index in [0.717, 1.165) is 6.42 Å². The fourth-order valence-corrected chi connectivity index (χ4v) is 2.03. The van der Waals surface area contributed by atoms with Gasteiger partial charge in [-0.2, -0.15) is 0 Å². The predicted octanol–water partition coefficient (Wildman–Crippen LogP) is 1.44. The van der Waals surface area contributed by atoms with Gasteiger partial charge in [0.15, 0.2) is 0 Å². The monoisotopic (exact) mass is 289 g/mol. The van der Waals surface area contributed by atoms with Gasteiger partial charge in [-0.1, -0.05) is 6.92 Å². The molecular formula is C14H15N3O4. The van der Waals surface area contributed by atoms with Crippen LogP contribution in [0, 0.1) is 10.1 Å². The third kappa shape index (κ3) is 3.25. The molecular weight excluding hydrogens is 274 g/mol. The van der Waals surface area contributed by atoms with E-state index in [1.807, 2.05) is 6.92 Å². The number of aromatic nitrogens is 1. The van der Waals surface area contributed by atoms with Gasteiger partial charge in [0.2, 0.25) is 5.91 Å². The molecule has 1 amide bonds. The molecule has 0 fully saturated rings. The summed E-state index contributed by atoms with van der Waals surface area (Å²) in [5, 5.41) is 14.0. The van der Waals surface area contributed by atoms with E-state index in [4.69, 9.17) is 0 Å². The van der Waals surface area contributed by atoms with E-state index >= 15 is 0 Å². The SMILES string of the molecule is CCCNC(=O)Cn1c(=O)ccc2cc([N+](=O)[O-])ccc21. The summed E-state index contributed by atoms with van der Waals surface area (Å²) in [7, 11) is 0. The number of pyridine rings is 1. The molecule has 2 aromatic rings. The molecule has 0 bridgehead atoms. The normalized spacial score (nSPS) is 10.5. The van der Waals surface area contributed by atoms with Crippen molar-refractivity contribution in [1.82, 2.24) is 9.88 Å². The number of hydrogen-bond acceptors (Lipinski definition) is 4. The van der Waals surface area contributed by atoms with Crippen LogP contribution in [0.2, 0.25) is 0 Å². The van der Waals surface area contributed by atoms with Crippen molar-refractivity contribution in [1.29, 1.82) is 0 Å². The summed E-state index contributed by atoms with van der Waals surface area (Å²) in [6.45, 7) is 2.38. The lowest BCUT2D eigenvalue weighted by Crippen LogP contribution is -2.32. The maximum Gasteiger partial charge on any atom is 0.270 e. The molecule has 1 aromatic carbocycles. The van der Waals surface area contributed by atoms with Crippen LogP contribution in [0.5, 0.6) is 0 Å². The highest BCUT2D eigenvalue weighted by atomic mass is 16.6. The number of amides is 1. The second-order valence-corrected chi connectivity index (χ2v) is 4.61. The first-order valence-electron chi connectivity index (χ1n) is 6.57. The maximum atomic E-state index is 11.9. The van der Waals surface area contributed by atoms with Crippen LogP contribution in [-0.4, -0.2) is 21.9 Å². The first-order chi connectivity index (χ1) is 10.0. The number of nitrogens with one attached hydrogen (secondary N) is 1. The summed E-state index contributed by atoms with van der Waals surface area (Å²) in [6, 6.07) is 7.02. The first kappa shape index (κ1) is 14.7. The van der Waals surface area contributed by atoms with Crippen LogP contribution < -0.4 is 10.9 Å². The molecule has 0 aliphatic carbocycles. The molecule has 0 saturated heterocycles. The Balaban J connectivity index is 2.42. The van der Waals surface area contributed by atoms with Crippen LogP contribution in [0.4, 0.5) is 5.69 Å². The van der Waals surface area contributed by atoms with Crippen LogP contribution in [0.3, 0.4) is 0 Å². The molecule has 1 heterocycles. The van der Waals surface area contributed by atoms with E-state index in [2.05, 4.69) is 5.32 Å². The Labute approximate surface area is 120 Å². The van der Waals surface area contributed by atoms with E-state index in [1.54, 1.807) is 0 Å². The molecule has 0 aliphatic heterocycles. The van der Waals surface area contributed by atoms with E-state index < -0.39 is 4.92 Å². The lowest BCUT2D eigenvalue weighted by molar-refractivity contribution is -0.384. The summed E-state index contributed by atoms with van der Waals surface area (Å²) in [6.07, 6.45) is 0.808. The fourth-order valence-electron chi connectivity index (χ4n) is 2.03. The van der Waals surface area contributed by atoms with Gasteiger partial charge in [-0.15, -0.1) is 0 Å². The number of fused-ring (bicyclic) bond motifs is 1. The van der Waals surface area contributed by atoms with Gasteiger partial charge in [0.25, 0.3) is 11.2 Å². The van der Waals surface area contributed by atoms with Gasteiger partial charge in [0.05, 0.1) is 10.4 Å². The van der Waals surface area contributed by atoms with Crippen LogP contribution in [-0.2, 0) is 11.3 Å². The van der Waals surface area contributed by atoms with Crippen molar-refractivity contribution in [2.75, 3.05) is 6.54 Å². The second-order valence-electron chi connectivity index (χ2n) is 4.61. The number of carbonyl (C=O) groups is 1. The molecule has 1 aromatic heterocycles. The Morgan fingerprint density at radius 3 is 2.76 bits per heavy atom. The van der Waals surface area contributed by atoms with Gasteiger partial charge < -0.3 is 5.32 Å². The molecule has 0 unspecified atom stereocenters. The molecule has 0 saturated carbocycles. The highest BCUT2D eigenvalue weighted by Gasteiger charge is 2.11. The lowest BCUT2D eigenvalue weighted by atomic mass is 10.2. The third-order valence-electron chi connectivity index (χ3n) is 3.06. The molecule has 1 N–H and O–H groups in total. The van der Waals surface area contributed by atoms with E-state index in [1.165, 1.54) is 34.9 Å². The molecule has 0 aliphatic rings. The molecule has 0 radical (unpaired) electrons. The summed E-state index contributed by atoms with van der Waals surface area (Å²) in [5.74, 6) is -0.259. The Hall–Kier alpha value is -2.70. The van der Waals surface area contributed by atoms with Crippen molar-refractivity contribution in [3.63, 3.8) is 0 Å². The quantitative estimate of drug-likeness (QED) is 0.665. The van der Waals surface area contributed by atoms with E-state index in [9.17, 15) is 19.7 Å². The zero-order chi connectivity index (χ0) is 15.4. The minimum absolute atomic E-state index is 0.0527. The van der Waals surface area contributed by atoms with Gasteiger partial charge in [-0.25, -0.2) is 0 Å². The summed E-state index contributed by atoms with van der Waals surface area (Å²) < 4.78 is 1.31. The van der Waals surface area contributed by atoms with Gasteiger partial charge in [0.1, 0.15) is 6.54 Å². The molecule has 0 spiro atoms. The highest BCUT2D eigenvalue weighted by molar-refractivity contribution is 5.83. The van der Waals surface area contributed by atoms with Crippen molar-refractivity contribution < 1.29 is 9.72 Å². The largest absolute Gasteiger partial charge is 0.355 e. The topological polar surface area (TPSA) is 94.2 Å². The Kier molecular flexibility index (Phi) is 4.32. The fraction of sp³-hybridized carbons (Fsp3) is 0.286. The standard InChI is InChI=1S/C14H15N3O4/c1-2-7-15-13(18)9-16-12-5-4-11(17(20)21)8-10(12)3-6-14(16)19/h3-6,8H,2,7,9H2,1H3,(H,15,18). The number of non-ortho nitro benzene ring substituents is 1. The van der Waals surface area contributed by atoms with Crippen LogP contribution >= 0.6 is 0 Å². The van der Waals surface area contributed by atoms with E-state index in [-0.39, 0.29) is 23.7 Å². The minimum atomic E-state index is -0.497. The number of carbonyl (C=O) groups excluding carboxylic acids is 1. The molecule has 7 heteroatoms. The molecule has 110 valence electrons. The van der Waals surface area contributed by atoms with Crippen molar-refractivity contribution in [3.8, 4) is 0 Å². The molecule has 0 atom stereocenters. The summed E-state index contributed by atoms with van der Waals surface area (Å²) in [4.78, 5) is 33.9. The molecule has 7 nitrogen and oxygen atoms in total. The number of nitro groups is 1. The average Bonchev–Trinajstić information content (AvgIpc) is 2.47. The number of rotatable bonds is 5. The van der Waals surface area contributed by atoms with Gasteiger partial charge in [-0.05, 0) is 18.6 Å². The summed E-state index contributed by atoms with van der Waals surface area (Å²) >= 11 is 0. The lowest BCUT2D eigenvalue weighted by Gasteiger charge is -2.10. The van der Waals surface area contributed by atoms with Crippen molar-refractivity contribution in [2.24, 2.45) is 0 Å². The van der Waals surface area contributed by atoms with Gasteiger partial charge >= 0.3 is 0 Å². The average molecular weight is 289 g/mol. The predicted molar refractivity (Wildman–Crippen MR) is 78.2 cm³/mol. The van der Waals surface area contributed by atoms with Crippen molar-refractivity contribution in [2.45, 2.75) is 19.9 Å². The zero-order valence-corrected chi connectivity index (χ0v) is 11.5. The number of nitrogens with zero attached hydrogens (tertiary/aromatic N) is 2. The van der Waals surface area contributed by atoms with Crippen molar-refractivity contribution in [3.05, 3.63) is 50.8 Å². The highest BCUT2D eigenvalue weighted by Crippen LogP contribution is 2.19. The smallest absolute Gasteiger partial charge is 0.270 e. The zero-order valence-electron chi connectivity index (χ0n) is 11.5. The Bertz CT molecular complexity index is 751. The molecule has 21 heavy (non-hydrogen) atoms. The third-order valence-corrected chi connectivity index (χ3v) is 3.06. The van der Waals surface area contributed by atoms with Crippen LogP contribution in [0.1, 0.15) is 13.3 Å². The van der Waals surface area contributed by atoms with Gasteiger partial charge in [0, 0.05) is 30.1 Å². The Morgan fingerprint density at radius 1 is 1.33 bits per heavy atom. The molecule has 2 rings (SSSR count). The van der Waals surface area contributed by atoms with Gasteiger partial charge in [-0.3, -0.25) is 24.3 Å². The van der Waals surface area contributed by atoms with E-state index in [0.29, 0.717) is 17.4 Å². The number of nitro benzene ring substituents is 1. The second kappa shape index (κ2) is 6.17.